The Kier molecular flexibility index (Phi) is 3.66. The monoisotopic (exact) mass is 284 g/mol. The zero-order valence-corrected chi connectivity index (χ0v) is 12.3. The van der Waals surface area contributed by atoms with Crippen LogP contribution in [-0.4, -0.2) is 9.97 Å². The van der Waals surface area contributed by atoms with Crippen molar-refractivity contribution in [1.29, 1.82) is 5.26 Å². The predicted molar refractivity (Wildman–Crippen MR) is 79.8 cm³/mol. The maximum atomic E-state index is 9.28. The van der Waals surface area contributed by atoms with E-state index < -0.39 is 0 Å². The fraction of sp³-hybridized carbons (Fsp3) is 0.400. The molecule has 0 saturated heterocycles. The van der Waals surface area contributed by atoms with E-state index in [1.54, 1.807) is 11.3 Å². The van der Waals surface area contributed by atoms with Gasteiger partial charge in [0.15, 0.2) is 0 Å². The lowest BCUT2D eigenvalue weighted by atomic mass is 9.95. The highest BCUT2D eigenvalue weighted by atomic mass is 32.1. The van der Waals surface area contributed by atoms with E-state index in [0.717, 1.165) is 29.2 Å². The summed E-state index contributed by atoms with van der Waals surface area (Å²) in [5.74, 6) is 0.695. The third kappa shape index (κ3) is 2.66. The molecule has 102 valence electrons. The molecule has 1 N–H and O–H groups in total. The summed E-state index contributed by atoms with van der Waals surface area (Å²) in [5, 5.41) is 15.6. The summed E-state index contributed by atoms with van der Waals surface area (Å²) >= 11 is 1.63. The fourth-order valence-corrected chi connectivity index (χ4v) is 3.21. The Labute approximate surface area is 122 Å². The van der Waals surface area contributed by atoms with Crippen LogP contribution in [0.2, 0.25) is 0 Å². The van der Waals surface area contributed by atoms with Crippen LogP contribution in [0.1, 0.15) is 40.4 Å². The van der Waals surface area contributed by atoms with E-state index in [9.17, 15) is 5.26 Å². The standard InChI is InChI=1S/C15H16N4S/c1-10-9-20-14(18-10)8-17-15-12(7-16)6-11-4-2-3-5-13(11)19-15/h6,9H,2-5,8H2,1H3,(H,17,19). The number of rotatable bonds is 3. The van der Waals surface area contributed by atoms with Crippen LogP contribution in [0.3, 0.4) is 0 Å². The maximum absolute atomic E-state index is 9.28. The highest BCUT2D eigenvalue weighted by molar-refractivity contribution is 7.09. The summed E-state index contributed by atoms with van der Waals surface area (Å²) < 4.78 is 0. The molecule has 0 unspecified atom stereocenters. The largest absolute Gasteiger partial charge is 0.362 e. The minimum Gasteiger partial charge on any atom is -0.362 e. The number of hydrogen-bond acceptors (Lipinski definition) is 5. The molecule has 1 aliphatic rings. The minimum absolute atomic E-state index is 0.624. The summed E-state index contributed by atoms with van der Waals surface area (Å²) in [5.41, 5.74) is 4.06. The minimum atomic E-state index is 0.624. The number of hydrogen-bond donors (Lipinski definition) is 1. The summed E-state index contributed by atoms with van der Waals surface area (Å²) in [6.07, 6.45) is 4.46. The number of fused-ring (bicyclic) bond motifs is 1. The zero-order chi connectivity index (χ0) is 13.9. The molecule has 2 aromatic heterocycles. The van der Waals surface area contributed by atoms with Crippen LogP contribution in [-0.2, 0) is 19.4 Å². The summed E-state index contributed by atoms with van der Waals surface area (Å²) in [7, 11) is 0. The molecular weight excluding hydrogens is 268 g/mol. The number of nitriles is 1. The third-order valence-corrected chi connectivity index (χ3v) is 4.46. The van der Waals surface area contributed by atoms with E-state index >= 15 is 0 Å². The van der Waals surface area contributed by atoms with E-state index in [0.29, 0.717) is 17.9 Å². The second kappa shape index (κ2) is 5.59. The number of pyridine rings is 1. The lowest BCUT2D eigenvalue weighted by molar-refractivity contribution is 0.668. The molecule has 0 aliphatic heterocycles. The number of thiazole rings is 1. The normalized spacial score (nSPS) is 13.6. The number of nitrogens with one attached hydrogen (secondary N) is 1. The number of nitrogens with zero attached hydrogens (tertiary/aromatic N) is 3. The quantitative estimate of drug-likeness (QED) is 0.940. The van der Waals surface area contributed by atoms with Gasteiger partial charge in [-0.15, -0.1) is 11.3 Å². The average molecular weight is 284 g/mol. The molecule has 2 heterocycles. The van der Waals surface area contributed by atoms with Crippen molar-refractivity contribution >= 4 is 17.2 Å². The van der Waals surface area contributed by atoms with Gasteiger partial charge in [-0.3, -0.25) is 0 Å². The van der Waals surface area contributed by atoms with Crippen LogP contribution in [0.5, 0.6) is 0 Å². The summed E-state index contributed by atoms with van der Waals surface area (Å²) in [6.45, 7) is 2.61. The molecule has 0 amide bonds. The molecule has 4 nitrogen and oxygen atoms in total. The van der Waals surface area contributed by atoms with Gasteiger partial charge in [-0.2, -0.15) is 5.26 Å². The first-order valence-corrected chi connectivity index (χ1v) is 7.72. The molecule has 2 aromatic rings. The molecule has 0 bridgehead atoms. The van der Waals surface area contributed by atoms with E-state index in [2.05, 4.69) is 21.4 Å². The Hall–Kier alpha value is -1.93. The van der Waals surface area contributed by atoms with Crippen LogP contribution in [0.15, 0.2) is 11.4 Å². The van der Waals surface area contributed by atoms with E-state index in [1.807, 2.05) is 18.4 Å². The Bertz CT molecular complexity index is 669. The lowest BCUT2D eigenvalue weighted by Gasteiger charge is -2.17. The highest BCUT2D eigenvalue weighted by Crippen LogP contribution is 2.24. The van der Waals surface area contributed by atoms with E-state index in [1.165, 1.54) is 18.4 Å². The smallest absolute Gasteiger partial charge is 0.144 e. The molecule has 20 heavy (non-hydrogen) atoms. The Morgan fingerprint density at radius 3 is 2.95 bits per heavy atom. The number of anilines is 1. The van der Waals surface area contributed by atoms with E-state index in [4.69, 9.17) is 0 Å². The summed E-state index contributed by atoms with van der Waals surface area (Å²) in [4.78, 5) is 9.06. The molecule has 0 fully saturated rings. The average Bonchev–Trinajstić information content (AvgIpc) is 2.89. The van der Waals surface area contributed by atoms with Gasteiger partial charge in [0.1, 0.15) is 16.9 Å². The van der Waals surface area contributed by atoms with Crippen molar-refractivity contribution in [2.75, 3.05) is 5.32 Å². The highest BCUT2D eigenvalue weighted by Gasteiger charge is 2.15. The van der Waals surface area contributed by atoms with Crippen molar-refractivity contribution in [3.05, 3.63) is 39.0 Å². The van der Waals surface area contributed by atoms with E-state index in [-0.39, 0.29) is 0 Å². The van der Waals surface area contributed by atoms with Gasteiger partial charge in [-0.05, 0) is 44.2 Å². The molecule has 1 aliphatic carbocycles. The van der Waals surface area contributed by atoms with Crippen LogP contribution < -0.4 is 5.32 Å². The van der Waals surface area contributed by atoms with Gasteiger partial charge in [0.2, 0.25) is 0 Å². The third-order valence-electron chi connectivity index (χ3n) is 3.49. The predicted octanol–water partition coefficient (Wildman–Crippen LogP) is 3.21. The van der Waals surface area contributed by atoms with Crippen molar-refractivity contribution < 1.29 is 0 Å². The van der Waals surface area contributed by atoms with Crippen molar-refractivity contribution in [3.8, 4) is 6.07 Å². The topological polar surface area (TPSA) is 61.6 Å². The van der Waals surface area contributed by atoms with Crippen molar-refractivity contribution in [1.82, 2.24) is 9.97 Å². The van der Waals surface area contributed by atoms with Gasteiger partial charge in [-0.25, -0.2) is 9.97 Å². The van der Waals surface area contributed by atoms with Gasteiger partial charge in [0.25, 0.3) is 0 Å². The van der Waals surface area contributed by atoms with Gasteiger partial charge < -0.3 is 5.32 Å². The van der Waals surface area contributed by atoms with Crippen LogP contribution in [0, 0.1) is 18.3 Å². The van der Waals surface area contributed by atoms with Gasteiger partial charge in [0.05, 0.1) is 12.1 Å². The first kappa shape index (κ1) is 13.1. The second-order valence-electron chi connectivity index (χ2n) is 5.05. The fourth-order valence-electron chi connectivity index (χ4n) is 2.50. The van der Waals surface area contributed by atoms with Gasteiger partial charge in [0, 0.05) is 16.8 Å². The molecule has 5 heteroatoms. The maximum Gasteiger partial charge on any atom is 0.144 e. The van der Waals surface area contributed by atoms with Crippen LogP contribution in [0.25, 0.3) is 0 Å². The Balaban J connectivity index is 1.83. The molecule has 0 atom stereocenters. The summed E-state index contributed by atoms with van der Waals surface area (Å²) in [6, 6.07) is 4.24. The first-order chi connectivity index (χ1) is 9.76. The molecule has 0 saturated carbocycles. The van der Waals surface area contributed by atoms with Crippen LogP contribution >= 0.6 is 11.3 Å². The lowest BCUT2D eigenvalue weighted by Crippen LogP contribution is -2.10. The second-order valence-corrected chi connectivity index (χ2v) is 5.99. The molecule has 0 aromatic carbocycles. The van der Waals surface area contributed by atoms with Crippen molar-refractivity contribution in [3.63, 3.8) is 0 Å². The van der Waals surface area contributed by atoms with Crippen molar-refractivity contribution in [2.45, 2.75) is 39.2 Å². The van der Waals surface area contributed by atoms with Crippen molar-refractivity contribution in [2.24, 2.45) is 0 Å². The van der Waals surface area contributed by atoms with Gasteiger partial charge >= 0.3 is 0 Å². The SMILES string of the molecule is Cc1csc(CNc2nc3c(cc2C#N)CCCC3)n1. The zero-order valence-electron chi connectivity index (χ0n) is 11.4. The Morgan fingerprint density at radius 2 is 2.20 bits per heavy atom. The van der Waals surface area contributed by atoms with Crippen LogP contribution in [0.4, 0.5) is 5.82 Å². The first-order valence-electron chi connectivity index (χ1n) is 6.84. The number of aryl methyl sites for hydroxylation is 3. The molecule has 0 spiro atoms. The molecule has 3 rings (SSSR count). The Morgan fingerprint density at radius 1 is 1.35 bits per heavy atom. The number of aromatic nitrogens is 2. The molecular formula is C15H16N4S. The van der Waals surface area contributed by atoms with Gasteiger partial charge in [-0.1, -0.05) is 0 Å². The molecule has 0 radical (unpaired) electrons.